The molecule has 1 aliphatic carbocycles. The van der Waals surface area contributed by atoms with Crippen LogP contribution in [0.25, 0.3) is 0 Å². The van der Waals surface area contributed by atoms with Crippen LogP contribution in [-0.4, -0.2) is 11.4 Å². The van der Waals surface area contributed by atoms with Crippen molar-refractivity contribution in [3.8, 4) is 0 Å². The highest BCUT2D eigenvalue weighted by Crippen LogP contribution is 2.27. The monoisotopic (exact) mass is 355 g/mol. The average Bonchev–Trinajstić information content (AvgIpc) is 2.49. The fraction of sp³-hybridized carbons (Fsp3) is 1.00. The Bertz CT molecular complexity index is 271. The molecule has 0 aliphatic heterocycles. The predicted octanol–water partition coefficient (Wildman–Crippen LogP) is 7.36. The van der Waals surface area contributed by atoms with Crippen molar-refractivity contribution < 1.29 is 0 Å². The molecule has 0 spiro atoms. The molecule has 2 unspecified atom stereocenters. The molecule has 1 aliphatic rings. The van der Waals surface area contributed by atoms with E-state index in [0.29, 0.717) is 11.4 Å². The Balaban J connectivity index is 2.33. The van der Waals surface area contributed by atoms with Gasteiger partial charge in [0.15, 0.2) is 0 Å². The van der Waals surface area contributed by atoms with Gasteiger partial charge in [-0.15, -0.1) is 0 Å². The molecule has 1 saturated carbocycles. The van der Waals surface area contributed by atoms with E-state index in [1.165, 1.54) is 96.3 Å². The van der Waals surface area contributed by atoms with Crippen LogP contribution in [0.2, 0.25) is 0 Å². The standard InChI is InChI=1S/C22H45NS/c1-4-5-6-7-11-14-17-21(18-19(2)3)23-22(24)20-15-12-9-8-10-13-16-20/h19-24H,4-18H2,1-3H3. The molecule has 1 fully saturated rings. The first-order valence-electron chi connectivity index (χ1n) is 11.1. The predicted molar refractivity (Wildman–Crippen MR) is 113 cm³/mol. The van der Waals surface area contributed by atoms with Gasteiger partial charge in [0.05, 0.1) is 5.37 Å². The first-order chi connectivity index (χ1) is 11.6. The summed E-state index contributed by atoms with van der Waals surface area (Å²) in [5, 5.41) is 4.34. The number of nitrogens with one attached hydrogen (secondary N) is 1. The van der Waals surface area contributed by atoms with Crippen LogP contribution >= 0.6 is 12.6 Å². The van der Waals surface area contributed by atoms with Gasteiger partial charge in [-0.2, -0.15) is 12.6 Å². The number of hydrogen-bond donors (Lipinski definition) is 2. The minimum atomic E-state index is 0.409. The normalized spacial score (nSPS) is 19.9. The molecule has 2 atom stereocenters. The molecule has 0 aromatic carbocycles. The van der Waals surface area contributed by atoms with Gasteiger partial charge >= 0.3 is 0 Å². The van der Waals surface area contributed by atoms with Gasteiger partial charge in [0.1, 0.15) is 0 Å². The van der Waals surface area contributed by atoms with Crippen molar-refractivity contribution in [3.05, 3.63) is 0 Å². The van der Waals surface area contributed by atoms with Gasteiger partial charge in [-0.1, -0.05) is 91.4 Å². The van der Waals surface area contributed by atoms with E-state index in [1.54, 1.807) is 0 Å². The van der Waals surface area contributed by atoms with Gasteiger partial charge in [-0.05, 0) is 37.5 Å². The van der Waals surface area contributed by atoms with Gasteiger partial charge in [0.2, 0.25) is 0 Å². The zero-order chi connectivity index (χ0) is 17.6. The minimum absolute atomic E-state index is 0.409. The lowest BCUT2D eigenvalue weighted by Crippen LogP contribution is -2.40. The summed E-state index contributed by atoms with van der Waals surface area (Å²) in [5.74, 6) is 1.56. The first-order valence-corrected chi connectivity index (χ1v) is 11.6. The van der Waals surface area contributed by atoms with E-state index in [9.17, 15) is 0 Å². The van der Waals surface area contributed by atoms with E-state index in [-0.39, 0.29) is 0 Å². The summed E-state index contributed by atoms with van der Waals surface area (Å²) in [6, 6.07) is 0.670. The SMILES string of the molecule is CCCCCCCCC(CC(C)C)NC(S)C1CCCCCCC1. The van der Waals surface area contributed by atoms with Crippen molar-refractivity contribution in [1.82, 2.24) is 5.32 Å². The van der Waals surface area contributed by atoms with Crippen molar-refractivity contribution >= 4 is 12.6 Å². The maximum atomic E-state index is 5.00. The van der Waals surface area contributed by atoms with Crippen LogP contribution in [0.4, 0.5) is 0 Å². The smallest absolute Gasteiger partial charge is 0.0533 e. The average molecular weight is 356 g/mol. The summed E-state index contributed by atoms with van der Waals surface area (Å²) in [5.41, 5.74) is 0. The van der Waals surface area contributed by atoms with Crippen molar-refractivity contribution in [3.63, 3.8) is 0 Å². The summed E-state index contributed by atoms with van der Waals surface area (Å²) in [4.78, 5) is 0. The summed E-state index contributed by atoms with van der Waals surface area (Å²) < 4.78 is 0. The topological polar surface area (TPSA) is 12.0 Å². The molecule has 0 aromatic heterocycles. The zero-order valence-corrected chi connectivity index (χ0v) is 17.8. The fourth-order valence-corrected chi connectivity index (χ4v) is 4.70. The second-order valence-corrected chi connectivity index (χ2v) is 9.16. The van der Waals surface area contributed by atoms with Gasteiger partial charge in [0, 0.05) is 6.04 Å². The Kier molecular flexibility index (Phi) is 13.5. The number of thiol groups is 1. The van der Waals surface area contributed by atoms with E-state index >= 15 is 0 Å². The Morgan fingerprint density at radius 2 is 1.46 bits per heavy atom. The maximum absolute atomic E-state index is 5.00. The summed E-state index contributed by atoms with van der Waals surface area (Å²) in [7, 11) is 0. The third-order valence-electron chi connectivity index (χ3n) is 5.66. The molecular formula is C22H45NS. The Morgan fingerprint density at radius 1 is 0.875 bits per heavy atom. The molecule has 0 radical (unpaired) electrons. The number of hydrogen-bond acceptors (Lipinski definition) is 2. The van der Waals surface area contributed by atoms with E-state index in [4.69, 9.17) is 12.6 Å². The molecule has 2 heteroatoms. The fourth-order valence-electron chi connectivity index (χ4n) is 4.19. The van der Waals surface area contributed by atoms with Gasteiger partial charge in [0.25, 0.3) is 0 Å². The van der Waals surface area contributed by atoms with Crippen LogP contribution in [0, 0.1) is 11.8 Å². The maximum Gasteiger partial charge on any atom is 0.0533 e. The Hall–Kier alpha value is 0.310. The lowest BCUT2D eigenvalue weighted by molar-refractivity contribution is 0.299. The Labute approximate surface area is 158 Å². The zero-order valence-electron chi connectivity index (χ0n) is 16.9. The molecule has 144 valence electrons. The first kappa shape index (κ1) is 22.4. The van der Waals surface area contributed by atoms with Crippen LogP contribution in [-0.2, 0) is 0 Å². The van der Waals surface area contributed by atoms with Gasteiger partial charge in [-0.25, -0.2) is 0 Å². The van der Waals surface area contributed by atoms with Crippen LogP contribution in [0.3, 0.4) is 0 Å². The molecule has 0 bridgehead atoms. The van der Waals surface area contributed by atoms with Crippen molar-refractivity contribution in [2.45, 2.75) is 128 Å². The van der Waals surface area contributed by atoms with Crippen molar-refractivity contribution in [2.75, 3.05) is 0 Å². The van der Waals surface area contributed by atoms with Crippen LogP contribution in [0.15, 0.2) is 0 Å². The van der Waals surface area contributed by atoms with Crippen molar-refractivity contribution in [1.29, 1.82) is 0 Å². The largest absolute Gasteiger partial charge is 0.303 e. The number of unbranched alkanes of at least 4 members (excludes halogenated alkanes) is 5. The van der Waals surface area contributed by atoms with Crippen molar-refractivity contribution in [2.24, 2.45) is 11.8 Å². The summed E-state index contributed by atoms with van der Waals surface area (Å²) >= 11 is 5.00. The number of rotatable bonds is 12. The minimum Gasteiger partial charge on any atom is -0.303 e. The van der Waals surface area contributed by atoms with Crippen LogP contribution in [0.1, 0.15) is 117 Å². The third kappa shape index (κ3) is 11.0. The molecule has 1 N–H and O–H groups in total. The third-order valence-corrected chi connectivity index (χ3v) is 6.24. The molecule has 1 rings (SSSR count). The van der Waals surface area contributed by atoms with E-state index in [1.807, 2.05) is 0 Å². The highest BCUT2D eigenvalue weighted by Gasteiger charge is 2.22. The van der Waals surface area contributed by atoms with Gasteiger partial charge in [-0.3, -0.25) is 0 Å². The molecule has 0 amide bonds. The Morgan fingerprint density at radius 3 is 2.08 bits per heavy atom. The highest BCUT2D eigenvalue weighted by atomic mass is 32.1. The molecular weight excluding hydrogens is 310 g/mol. The summed E-state index contributed by atoms with van der Waals surface area (Å²) in [6.45, 7) is 7.02. The van der Waals surface area contributed by atoms with Gasteiger partial charge < -0.3 is 5.32 Å². The van der Waals surface area contributed by atoms with E-state index < -0.39 is 0 Å². The molecule has 24 heavy (non-hydrogen) atoms. The van der Waals surface area contributed by atoms with Crippen LogP contribution < -0.4 is 5.32 Å². The molecule has 1 nitrogen and oxygen atoms in total. The molecule has 0 heterocycles. The second-order valence-electron chi connectivity index (χ2n) is 8.60. The van der Waals surface area contributed by atoms with E-state index in [0.717, 1.165) is 11.8 Å². The van der Waals surface area contributed by atoms with Crippen LogP contribution in [0.5, 0.6) is 0 Å². The summed E-state index contributed by atoms with van der Waals surface area (Å²) in [6.07, 6.45) is 21.0. The lowest BCUT2D eigenvalue weighted by atomic mass is 9.90. The quantitative estimate of drug-likeness (QED) is 0.212. The highest BCUT2D eigenvalue weighted by molar-refractivity contribution is 7.80. The second kappa shape index (κ2) is 14.5. The molecule has 0 saturated heterocycles. The lowest BCUT2D eigenvalue weighted by Gasteiger charge is -2.31. The van der Waals surface area contributed by atoms with E-state index in [2.05, 4.69) is 26.1 Å². The molecule has 0 aromatic rings.